The molecule has 1 aliphatic carbocycles. The summed E-state index contributed by atoms with van der Waals surface area (Å²) in [5, 5.41) is 12.4. The Hall–Kier alpha value is -3.27. The Balaban J connectivity index is 1.52. The highest BCUT2D eigenvalue weighted by Gasteiger charge is 2.29. The third-order valence-corrected chi connectivity index (χ3v) is 5.09. The molecule has 0 aliphatic heterocycles. The first-order valence-corrected chi connectivity index (χ1v) is 8.97. The van der Waals surface area contributed by atoms with Gasteiger partial charge < -0.3 is 9.84 Å². The van der Waals surface area contributed by atoms with E-state index in [1.807, 2.05) is 38.1 Å². The third kappa shape index (κ3) is 3.14. The number of ether oxygens (including phenoxy) is 1. The van der Waals surface area contributed by atoms with Gasteiger partial charge in [-0.2, -0.15) is 0 Å². The van der Waals surface area contributed by atoms with Gasteiger partial charge in [-0.15, -0.1) is 0 Å². The molecule has 0 radical (unpaired) electrons. The molecule has 1 amide bonds. The van der Waals surface area contributed by atoms with E-state index < -0.39 is 6.09 Å². The van der Waals surface area contributed by atoms with Crippen LogP contribution in [0.4, 0.5) is 10.5 Å². The van der Waals surface area contributed by atoms with Gasteiger partial charge in [-0.3, -0.25) is 5.32 Å². The highest BCUT2D eigenvalue weighted by molar-refractivity contribution is 5.87. The number of nitrogens with one attached hydrogen (secondary N) is 1. The normalized spacial score (nSPS) is 12.4. The molecule has 1 aliphatic rings. The smallest absolute Gasteiger partial charge is 0.411 e. The van der Waals surface area contributed by atoms with Crippen molar-refractivity contribution in [2.45, 2.75) is 19.8 Å². The molecule has 0 aromatic heterocycles. The zero-order chi connectivity index (χ0) is 19.0. The van der Waals surface area contributed by atoms with Crippen molar-refractivity contribution in [1.29, 1.82) is 0 Å². The number of aryl methyl sites for hydroxylation is 2. The van der Waals surface area contributed by atoms with E-state index in [4.69, 9.17) is 4.74 Å². The van der Waals surface area contributed by atoms with E-state index in [1.165, 1.54) is 22.3 Å². The van der Waals surface area contributed by atoms with Crippen LogP contribution < -0.4 is 5.32 Å². The van der Waals surface area contributed by atoms with Crippen LogP contribution in [0.15, 0.2) is 60.7 Å². The predicted octanol–water partition coefficient (Wildman–Crippen LogP) is 5.37. The number of aromatic hydroxyl groups is 1. The van der Waals surface area contributed by atoms with Crippen molar-refractivity contribution in [3.05, 3.63) is 82.9 Å². The summed E-state index contributed by atoms with van der Waals surface area (Å²) >= 11 is 0. The van der Waals surface area contributed by atoms with Crippen LogP contribution in [-0.2, 0) is 4.74 Å². The fraction of sp³-hybridized carbons (Fsp3) is 0.174. The average molecular weight is 359 g/mol. The van der Waals surface area contributed by atoms with Gasteiger partial charge in [0.1, 0.15) is 12.4 Å². The van der Waals surface area contributed by atoms with Gasteiger partial charge in [0.05, 0.1) is 5.69 Å². The third-order valence-electron chi connectivity index (χ3n) is 5.09. The van der Waals surface area contributed by atoms with Crippen LogP contribution in [0.1, 0.15) is 28.2 Å². The van der Waals surface area contributed by atoms with Crippen molar-refractivity contribution in [1.82, 2.24) is 0 Å². The lowest BCUT2D eigenvalue weighted by Gasteiger charge is -2.16. The van der Waals surface area contributed by atoms with E-state index in [0.717, 1.165) is 11.1 Å². The molecule has 4 nitrogen and oxygen atoms in total. The first-order chi connectivity index (χ1) is 13.0. The number of hydrogen-bond acceptors (Lipinski definition) is 3. The van der Waals surface area contributed by atoms with Gasteiger partial charge >= 0.3 is 6.09 Å². The summed E-state index contributed by atoms with van der Waals surface area (Å²) in [6.07, 6.45) is -0.492. The highest BCUT2D eigenvalue weighted by Crippen LogP contribution is 2.44. The first-order valence-electron chi connectivity index (χ1n) is 8.97. The molecule has 0 bridgehead atoms. The van der Waals surface area contributed by atoms with Gasteiger partial charge in [-0.25, -0.2) is 4.79 Å². The number of carbonyl (C=O) groups is 1. The molecule has 0 unspecified atom stereocenters. The van der Waals surface area contributed by atoms with E-state index in [2.05, 4.69) is 29.6 Å². The van der Waals surface area contributed by atoms with E-state index >= 15 is 0 Å². The summed E-state index contributed by atoms with van der Waals surface area (Å²) in [6, 6.07) is 19.7. The molecule has 4 rings (SSSR count). The molecule has 3 aromatic carbocycles. The van der Waals surface area contributed by atoms with Gasteiger partial charge in [0.2, 0.25) is 0 Å². The minimum Gasteiger partial charge on any atom is -0.508 e. The van der Waals surface area contributed by atoms with Crippen molar-refractivity contribution in [3.8, 4) is 16.9 Å². The average Bonchev–Trinajstić information content (AvgIpc) is 2.97. The van der Waals surface area contributed by atoms with E-state index in [-0.39, 0.29) is 18.3 Å². The van der Waals surface area contributed by atoms with Crippen LogP contribution in [0.25, 0.3) is 11.1 Å². The fourth-order valence-corrected chi connectivity index (χ4v) is 3.87. The molecule has 0 atom stereocenters. The van der Waals surface area contributed by atoms with E-state index in [1.54, 1.807) is 12.1 Å². The number of carbonyl (C=O) groups excluding carboxylic acids is 1. The molecule has 27 heavy (non-hydrogen) atoms. The predicted molar refractivity (Wildman–Crippen MR) is 106 cm³/mol. The molecule has 136 valence electrons. The van der Waals surface area contributed by atoms with Crippen molar-refractivity contribution in [2.75, 3.05) is 11.9 Å². The second-order valence-corrected chi connectivity index (χ2v) is 6.91. The molecule has 4 heteroatoms. The van der Waals surface area contributed by atoms with Crippen molar-refractivity contribution in [2.24, 2.45) is 0 Å². The summed E-state index contributed by atoms with van der Waals surface area (Å²) in [7, 11) is 0. The molecule has 3 aromatic rings. The van der Waals surface area contributed by atoms with Crippen LogP contribution >= 0.6 is 0 Å². The van der Waals surface area contributed by atoms with Crippen LogP contribution in [-0.4, -0.2) is 17.8 Å². The lowest BCUT2D eigenvalue weighted by Crippen LogP contribution is -2.19. The second-order valence-electron chi connectivity index (χ2n) is 6.91. The SMILES string of the molecule is Cc1cc(O)cc(C)c1NC(=O)OCC1c2ccccc2-c2ccccc21. The van der Waals surface area contributed by atoms with Gasteiger partial charge in [0.25, 0.3) is 0 Å². The second kappa shape index (κ2) is 6.80. The highest BCUT2D eigenvalue weighted by atomic mass is 16.5. The van der Waals surface area contributed by atoms with Gasteiger partial charge in [0.15, 0.2) is 0 Å². The molecule has 0 fully saturated rings. The fourth-order valence-electron chi connectivity index (χ4n) is 3.87. The molecule has 0 spiro atoms. The molecule has 0 saturated carbocycles. The number of phenolic OH excluding ortho intramolecular Hbond substituents is 1. The molecule has 2 N–H and O–H groups in total. The van der Waals surface area contributed by atoms with Crippen LogP contribution in [0.3, 0.4) is 0 Å². The van der Waals surface area contributed by atoms with Crippen LogP contribution in [0.2, 0.25) is 0 Å². The maximum atomic E-state index is 12.4. The maximum Gasteiger partial charge on any atom is 0.411 e. The summed E-state index contributed by atoms with van der Waals surface area (Å²) in [5.41, 5.74) is 7.03. The molecule has 0 saturated heterocycles. The number of fused-ring (bicyclic) bond motifs is 3. The Morgan fingerprint density at radius 1 is 0.963 bits per heavy atom. The maximum absolute atomic E-state index is 12.4. The molecular weight excluding hydrogens is 338 g/mol. The van der Waals surface area contributed by atoms with Crippen LogP contribution in [0.5, 0.6) is 5.75 Å². The minimum absolute atomic E-state index is 0.0326. The Morgan fingerprint density at radius 2 is 1.48 bits per heavy atom. The summed E-state index contributed by atoms with van der Waals surface area (Å²) < 4.78 is 5.57. The summed E-state index contributed by atoms with van der Waals surface area (Å²) in [5.74, 6) is 0.216. The Morgan fingerprint density at radius 3 is 2.04 bits per heavy atom. The number of amides is 1. The number of hydrogen-bond donors (Lipinski definition) is 2. The van der Waals surface area contributed by atoms with Gasteiger partial charge in [0, 0.05) is 5.92 Å². The lowest BCUT2D eigenvalue weighted by atomic mass is 9.98. The quantitative estimate of drug-likeness (QED) is 0.618. The number of phenols is 1. The summed E-state index contributed by atoms with van der Waals surface area (Å²) in [6.45, 7) is 3.95. The molecular formula is C23H21NO3. The van der Waals surface area contributed by atoms with Gasteiger partial charge in [-0.1, -0.05) is 48.5 Å². The minimum atomic E-state index is -0.492. The lowest BCUT2D eigenvalue weighted by molar-refractivity contribution is 0.158. The van der Waals surface area contributed by atoms with Gasteiger partial charge in [-0.05, 0) is 59.4 Å². The zero-order valence-corrected chi connectivity index (χ0v) is 15.3. The van der Waals surface area contributed by atoms with Crippen LogP contribution in [0, 0.1) is 13.8 Å². The Kier molecular flexibility index (Phi) is 4.32. The Labute approximate surface area is 158 Å². The van der Waals surface area contributed by atoms with Crippen molar-refractivity contribution >= 4 is 11.8 Å². The number of benzene rings is 3. The largest absolute Gasteiger partial charge is 0.508 e. The van der Waals surface area contributed by atoms with E-state index in [9.17, 15) is 9.90 Å². The molecule has 0 heterocycles. The summed E-state index contributed by atoms with van der Waals surface area (Å²) in [4.78, 5) is 12.4. The zero-order valence-electron chi connectivity index (χ0n) is 15.3. The number of anilines is 1. The number of rotatable bonds is 3. The van der Waals surface area contributed by atoms with Crippen molar-refractivity contribution < 1.29 is 14.6 Å². The van der Waals surface area contributed by atoms with E-state index in [0.29, 0.717) is 5.69 Å². The Bertz CT molecular complexity index is 957. The topological polar surface area (TPSA) is 58.6 Å². The monoisotopic (exact) mass is 359 g/mol. The first kappa shape index (κ1) is 17.2. The standard InChI is InChI=1S/C23H21NO3/c1-14-11-16(25)12-15(2)22(14)24-23(26)27-13-21-19-9-5-3-7-17(19)18-8-4-6-10-20(18)21/h3-12,21,25H,13H2,1-2H3,(H,24,26). The van der Waals surface area contributed by atoms with Crippen molar-refractivity contribution in [3.63, 3.8) is 0 Å².